The number of aryl methyl sites for hydroxylation is 2. The Hall–Kier alpha value is -4.34. The van der Waals surface area contributed by atoms with Crippen LogP contribution in [0.5, 0.6) is 0 Å². The molecule has 1 fully saturated rings. The number of nitro benzene ring substituents is 1. The number of anilines is 4. The van der Waals surface area contributed by atoms with Crippen molar-refractivity contribution >= 4 is 40.0 Å². The SMILES string of the molecule is Cc1ccc(C)c(Nc2nc(N3CCN(c4ccc([N+](=O)[O-])cc4)CC3)nc3nccnc23)c1. The van der Waals surface area contributed by atoms with Gasteiger partial charge in [-0.25, -0.2) is 9.97 Å². The Bertz CT molecular complexity index is 1350. The predicted molar refractivity (Wildman–Crippen MR) is 132 cm³/mol. The van der Waals surface area contributed by atoms with E-state index in [4.69, 9.17) is 4.98 Å². The second-order valence-corrected chi connectivity index (χ2v) is 8.29. The molecule has 10 nitrogen and oxygen atoms in total. The fourth-order valence-corrected chi connectivity index (χ4v) is 4.03. The van der Waals surface area contributed by atoms with E-state index < -0.39 is 0 Å². The Kier molecular flexibility index (Phi) is 5.62. The zero-order valence-corrected chi connectivity index (χ0v) is 19.0. The van der Waals surface area contributed by atoms with Gasteiger partial charge in [0, 0.05) is 62.1 Å². The Morgan fingerprint density at radius 2 is 1.62 bits per heavy atom. The summed E-state index contributed by atoms with van der Waals surface area (Å²) >= 11 is 0. The molecule has 0 unspecified atom stereocenters. The summed E-state index contributed by atoms with van der Waals surface area (Å²) in [6.07, 6.45) is 3.27. The molecule has 0 radical (unpaired) electrons. The van der Waals surface area contributed by atoms with E-state index in [1.165, 1.54) is 12.1 Å². The average molecular weight is 457 g/mol. The van der Waals surface area contributed by atoms with Gasteiger partial charge in [-0.05, 0) is 43.2 Å². The van der Waals surface area contributed by atoms with Crippen molar-refractivity contribution in [1.29, 1.82) is 0 Å². The van der Waals surface area contributed by atoms with E-state index in [2.05, 4.69) is 62.1 Å². The number of aromatic nitrogens is 4. The highest BCUT2D eigenvalue weighted by Crippen LogP contribution is 2.27. The van der Waals surface area contributed by atoms with Gasteiger partial charge in [-0.3, -0.25) is 10.1 Å². The Balaban J connectivity index is 1.39. The van der Waals surface area contributed by atoms with E-state index in [-0.39, 0.29) is 10.6 Å². The van der Waals surface area contributed by atoms with Crippen molar-refractivity contribution < 1.29 is 4.92 Å². The molecule has 10 heteroatoms. The van der Waals surface area contributed by atoms with E-state index in [1.807, 2.05) is 0 Å². The molecule has 1 aliphatic rings. The van der Waals surface area contributed by atoms with Crippen molar-refractivity contribution in [3.63, 3.8) is 0 Å². The number of fused-ring (bicyclic) bond motifs is 1. The fraction of sp³-hybridized carbons (Fsp3) is 0.250. The first-order valence-corrected chi connectivity index (χ1v) is 11.1. The number of non-ortho nitro benzene ring substituents is 1. The molecular weight excluding hydrogens is 432 g/mol. The summed E-state index contributed by atoms with van der Waals surface area (Å²) in [5.74, 6) is 1.23. The second kappa shape index (κ2) is 8.89. The fourth-order valence-electron chi connectivity index (χ4n) is 4.03. The maximum absolute atomic E-state index is 10.9. The topological polar surface area (TPSA) is 113 Å². The molecule has 3 heterocycles. The molecule has 4 aromatic rings. The number of benzene rings is 2. The molecule has 0 spiro atoms. The molecule has 2 aromatic heterocycles. The maximum Gasteiger partial charge on any atom is 0.269 e. The van der Waals surface area contributed by atoms with Crippen LogP contribution in [0.3, 0.4) is 0 Å². The van der Waals surface area contributed by atoms with E-state index in [9.17, 15) is 10.1 Å². The van der Waals surface area contributed by atoms with Gasteiger partial charge < -0.3 is 15.1 Å². The van der Waals surface area contributed by atoms with Crippen LogP contribution in [0.2, 0.25) is 0 Å². The van der Waals surface area contributed by atoms with Gasteiger partial charge in [0.15, 0.2) is 17.0 Å². The van der Waals surface area contributed by atoms with Gasteiger partial charge in [-0.15, -0.1) is 0 Å². The van der Waals surface area contributed by atoms with Gasteiger partial charge in [0.25, 0.3) is 5.69 Å². The molecule has 2 aromatic carbocycles. The van der Waals surface area contributed by atoms with Crippen molar-refractivity contribution in [3.8, 4) is 0 Å². The minimum Gasteiger partial charge on any atom is -0.368 e. The van der Waals surface area contributed by atoms with E-state index in [0.29, 0.717) is 36.0 Å². The molecule has 0 atom stereocenters. The number of nitro groups is 1. The predicted octanol–water partition coefficient (Wildman–Crippen LogP) is 4.02. The highest BCUT2D eigenvalue weighted by molar-refractivity contribution is 5.86. The minimum absolute atomic E-state index is 0.0944. The third-order valence-electron chi connectivity index (χ3n) is 5.96. The summed E-state index contributed by atoms with van der Waals surface area (Å²) in [4.78, 5) is 33.3. The first kappa shape index (κ1) is 21.5. The van der Waals surface area contributed by atoms with Gasteiger partial charge in [0.05, 0.1) is 4.92 Å². The van der Waals surface area contributed by atoms with Crippen molar-refractivity contribution in [1.82, 2.24) is 19.9 Å². The Morgan fingerprint density at radius 1 is 0.912 bits per heavy atom. The molecule has 0 bridgehead atoms. The van der Waals surface area contributed by atoms with E-state index >= 15 is 0 Å². The summed E-state index contributed by atoms with van der Waals surface area (Å²) in [7, 11) is 0. The Morgan fingerprint density at radius 3 is 2.35 bits per heavy atom. The van der Waals surface area contributed by atoms with Crippen LogP contribution in [0, 0.1) is 24.0 Å². The lowest BCUT2D eigenvalue weighted by molar-refractivity contribution is -0.384. The first-order valence-electron chi connectivity index (χ1n) is 11.1. The number of piperazine rings is 1. The standard InChI is InChI=1S/C24H24N8O2/c1-16-3-4-17(2)20(15-16)27-23-21-22(26-10-9-25-21)28-24(29-23)31-13-11-30(12-14-31)18-5-7-19(8-6-18)32(33)34/h3-10,15H,11-14H2,1-2H3,(H,26,27,28,29). The van der Waals surface area contributed by atoms with Crippen LogP contribution < -0.4 is 15.1 Å². The molecule has 172 valence electrons. The highest BCUT2D eigenvalue weighted by atomic mass is 16.6. The third-order valence-corrected chi connectivity index (χ3v) is 5.96. The van der Waals surface area contributed by atoms with Gasteiger partial charge in [0.1, 0.15) is 0 Å². The lowest BCUT2D eigenvalue weighted by Crippen LogP contribution is -2.47. The van der Waals surface area contributed by atoms with E-state index in [1.54, 1.807) is 24.5 Å². The zero-order valence-electron chi connectivity index (χ0n) is 19.0. The van der Waals surface area contributed by atoms with Crippen molar-refractivity contribution in [2.24, 2.45) is 0 Å². The van der Waals surface area contributed by atoms with Gasteiger partial charge >= 0.3 is 0 Å². The van der Waals surface area contributed by atoms with Crippen molar-refractivity contribution in [2.75, 3.05) is 41.3 Å². The molecule has 1 aliphatic heterocycles. The summed E-state index contributed by atoms with van der Waals surface area (Å²) in [6.45, 7) is 7.03. The minimum atomic E-state index is -0.383. The zero-order chi connectivity index (χ0) is 23.7. The van der Waals surface area contributed by atoms with Gasteiger partial charge in [0.2, 0.25) is 5.95 Å². The van der Waals surface area contributed by atoms with E-state index in [0.717, 1.165) is 35.6 Å². The van der Waals surface area contributed by atoms with Crippen LogP contribution in [0.1, 0.15) is 11.1 Å². The van der Waals surface area contributed by atoms with Crippen LogP contribution in [0.15, 0.2) is 54.9 Å². The largest absolute Gasteiger partial charge is 0.368 e. The summed E-state index contributed by atoms with van der Waals surface area (Å²) < 4.78 is 0. The highest BCUT2D eigenvalue weighted by Gasteiger charge is 2.22. The molecule has 1 N–H and O–H groups in total. The van der Waals surface area contributed by atoms with Crippen LogP contribution in [0.4, 0.5) is 28.8 Å². The van der Waals surface area contributed by atoms with Crippen molar-refractivity contribution in [3.05, 3.63) is 76.1 Å². The number of nitrogens with one attached hydrogen (secondary N) is 1. The van der Waals surface area contributed by atoms with Gasteiger partial charge in [-0.2, -0.15) is 9.97 Å². The van der Waals surface area contributed by atoms with Crippen LogP contribution >= 0.6 is 0 Å². The first-order chi connectivity index (χ1) is 16.5. The quantitative estimate of drug-likeness (QED) is 0.351. The molecule has 0 amide bonds. The monoisotopic (exact) mass is 456 g/mol. The third kappa shape index (κ3) is 4.29. The lowest BCUT2D eigenvalue weighted by Gasteiger charge is -2.36. The number of nitrogens with zero attached hydrogens (tertiary/aromatic N) is 7. The molecule has 0 aliphatic carbocycles. The average Bonchev–Trinajstić information content (AvgIpc) is 2.86. The normalized spacial score (nSPS) is 13.8. The van der Waals surface area contributed by atoms with Crippen LogP contribution in [-0.2, 0) is 0 Å². The number of hydrogen-bond donors (Lipinski definition) is 1. The molecule has 34 heavy (non-hydrogen) atoms. The smallest absolute Gasteiger partial charge is 0.269 e. The summed E-state index contributed by atoms with van der Waals surface area (Å²) in [6, 6.07) is 12.9. The molecule has 0 saturated carbocycles. The van der Waals surface area contributed by atoms with Crippen molar-refractivity contribution in [2.45, 2.75) is 13.8 Å². The van der Waals surface area contributed by atoms with Crippen LogP contribution in [-0.4, -0.2) is 51.0 Å². The molecular formula is C24H24N8O2. The Labute approximate surface area is 196 Å². The number of rotatable bonds is 5. The molecule has 1 saturated heterocycles. The second-order valence-electron chi connectivity index (χ2n) is 8.29. The number of hydrogen-bond acceptors (Lipinski definition) is 9. The summed E-state index contributed by atoms with van der Waals surface area (Å²) in [5, 5.41) is 14.4. The van der Waals surface area contributed by atoms with Crippen LogP contribution in [0.25, 0.3) is 11.2 Å². The van der Waals surface area contributed by atoms with Gasteiger partial charge in [-0.1, -0.05) is 12.1 Å². The lowest BCUT2D eigenvalue weighted by atomic mass is 10.1. The summed E-state index contributed by atoms with van der Waals surface area (Å²) in [5.41, 5.74) is 5.46. The maximum atomic E-state index is 10.9. The molecule has 5 rings (SSSR count).